The van der Waals surface area contributed by atoms with Gasteiger partial charge in [-0.05, 0) is 25.8 Å². The van der Waals surface area contributed by atoms with Crippen LogP contribution in [0.3, 0.4) is 0 Å². The Balaban J connectivity index is 4.27. The molecule has 0 saturated heterocycles. The van der Waals surface area contributed by atoms with Crippen molar-refractivity contribution in [3.05, 3.63) is 0 Å². The minimum absolute atomic E-state index is 0.338. The lowest BCUT2D eigenvalue weighted by molar-refractivity contribution is -0.147. The second-order valence-electron chi connectivity index (χ2n) is 4.33. The van der Waals surface area contributed by atoms with Crippen molar-refractivity contribution in [1.82, 2.24) is 0 Å². The van der Waals surface area contributed by atoms with E-state index in [-0.39, 0.29) is 5.78 Å². The molecule has 0 fully saturated rings. The number of carboxylic acids is 1. The van der Waals surface area contributed by atoms with Gasteiger partial charge in [-0.3, -0.25) is 9.59 Å². The second-order valence-corrected chi connectivity index (χ2v) is 4.33. The summed E-state index contributed by atoms with van der Waals surface area (Å²) in [5.41, 5.74) is 11.0. The molecular weight excluding hydrogens is 220 g/mol. The summed E-state index contributed by atoms with van der Waals surface area (Å²) >= 11 is 0. The van der Waals surface area contributed by atoms with Crippen LogP contribution in [0, 0.1) is 5.92 Å². The molecule has 5 N–H and O–H groups in total. The molecule has 0 aromatic rings. The highest BCUT2D eigenvalue weighted by Crippen LogP contribution is 2.14. The van der Waals surface area contributed by atoms with Crippen molar-refractivity contribution >= 4 is 11.8 Å². The first-order valence-corrected chi connectivity index (χ1v) is 6.26. The Hall–Kier alpha value is -0.940. The van der Waals surface area contributed by atoms with Crippen LogP contribution in [0.25, 0.3) is 0 Å². The number of carbonyl (C=O) groups excluding carboxylic acids is 1. The first kappa shape index (κ1) is 16.1. The molecule has 0 aromatic heterocycles. The van der Waals surface area contributed by atoms with Gasteiger partial charge in [0.25, 0.3) is 0 Å². The number of unbranched alkanes of at least 4 members (excludes halogenated alkanes) is 2. The number of hydrogen-bond acceptors (Lipinski definition) is 4. The monoisotopic (exact) mass is 244 g/mol. The van der Waals surface area contributed by atoms with E-state index >= 15 is 0 Å². The fraction of sp³-hybridized carbons (Fsp3) is 0.833. The van der Waals surface area contributed by atoms with Crippen LogP contribution in [0.15, 0.2) is 0 Å². The molecular formula is C12H24N2O3. The fourth-order valence-corrected chi connectivity index (χ4v) is 1.70. The quantitative estimate of drug-likeness (QED) is 0.391. The van der Waals surface area contributed by atoms with Crippen LogP contribution in [0.4, 0.5) is 0 Å². The zero-order valence-electron chi connectivity index (χ0n) is 10.5. The van der Waals surface area contributed by atoms with Gasteiger partial charge in [-0.25, -0.2) is 0 Å². The number of hydrogen-bond donors (Lipinski definition) is 3. The lowest BCUT2D eigenvalue weighted by atomic mass is 9.91. The summed E-state index contributed by atoms with van der Waals surface area (Å²) in [6.45, 7) is 2.52. The number of nitrogens with two attached hydrogens (primary N) is 2. The molecule has 2 atom stereocenters. The average Bonchev–Trinajstić information content (AvgIpc) is 2.30. The third-order valence-corrected chi connectivity index (χ3v) is 2.82. The van der Waals surface area contributed by atoms with Crippen LogP contribution in [-0.4, -0.2) is 29.4 Å². The zero-order valence-corrected chi connectivity index (χ0v) is 10.5. The van der Waals surface area contributed by atoms with Crippen LogP contribution in [0.2, 0.25) is 0 Å². The number of rotatable bonds is 10. The molecule has 0 aliphatic carbocycles. The molecule has 5 nitrogen and oxygen atoms in total. The number of carboxylic acid groups (broad SMARTS) is 1. The molecule has 17 heavy (non-hydrogen) atoms. The summed E-state index contributed by atoms with van der Waals surface area (Å²) in [7, 11) is 0. The van der Waals surface area contributed by atoms with Crippen LogP contribution >= 0.6 is 0 Å². The van der Waals surface area contributed by atoms with E-state index in [0.29, 0.717) is 25.8 Å². The molecule has 0 bridgehead atoms. The van der Waals surface area contributed by atoms with Crippen LogP contribution in [-0.2, 0) is 9.59 Å². The van der Waals surface area contributed by atoms with Gasteiger partial charge in [0.1, 0.15) is 5.92 Å². The summed E-state index contributed by atoms with van der Waals surface area (Å²) in [6, 6.07) is -0.645. The van der Waals surface area contributed by atoms with E-state index in [0.717, 1.165) is 19.3 Å². The van der Waals surface area contributed by atoms with Crippen molar-refractivity contribution < 1.29 is 14.7 Å². The highest BCUT2D eigenvalue weighted by molar-refractivity contribution is 6.00. The molecule has 0 aromatic carbocycles. The largest absolute Gasteiger partial charge is 0.481 e. The maximum atomic E-state index is 11.8. The van der Waals surface area contributed by atoms with Gasteiger partial charge in [0.15, 0.2) is 5.78 Å². The summed E-state index contributed by atoms with van der Waals surface area (Å²) in [5.74, 6) is -2.38. The molecule has 0 heterocycles. The van der Waals surface area contributed by atoms with E-state index in [1.54, 1.807) is 0 Å². The standard InChI is InChI=1S/C12H24N2O3/c1-2-3-7-10(14)11(15)9(12(16)17)6-4-5-8-13/h9-10H,2-8,13-14H2,1H3,(H,16,17). The van der Waals surface area contributed by atoms with Crippen molar-refractivity contribution in [3.8, 4) is 0 Å². The Morgan fingerprint density at radius 2 is 1.82 bits per heavy atom. The normalized spacial score (nSPS) is 14.3. The summed E-state index contributed by atoms with van der Waals surface area (Å²) in [5, 5.41) is 9.01. The molecule has 0 amide bonds. The Kier molecular flexibility index (Phi) is 8.62. The Bertz CT molecular complexity index is 244. The van der Waals surface area contributed by atoms with E-state index in [1.807, 2.05) is 6.92 Å². The van der Waals surface area contributed by atoms with Gasteiger partial charge in [0.2, 0.25) is 0 Å². The van der Waals surface area contributed by atoms with Gasteiger partial charge in [-0.1, -0.05) is 26.2 Å². The van der Waals surface area contributed by atoms with Crippen molar-refractivity contribution in [2.75, 3.05) is 6.54 Å². The van der Waals surface area contributed by atoms with Gasteiger partial charge in [0, 0.05) is 0 Å². The van der Waals surface area contributed by atoms with Crippen molar-refractivity contribution in [2.45, 2.75) is 51.5 Å². The fourth-order valence-electron chi connectivity index (χ4n) is 1.70. The maximum Gasteiger partial charge on any atom is 0.314 e. The molecule has 0 aliphatic rings. The van der Waals surface area contributed by atoms with Gasteiger partial charge in [-0.15, -0.1) is 0 Å². The van der Waals surface area contributed by atoms with Crippen molar-refractivity contribution in [2.24, 2.45) is 17.4 Å². The molecule has 0 spiro atoms. The van der Waals surface area contributed by atoms with E-state index in [9.17, 15) is 9.59 Å². The van der Waals surface area contributed by atoms with Gasteiger partial charge >= 0.3 is 5.97 Å². The maximum absolute atomic E-state index is 11.8. The SMILES string of the molecule is CCCCC(N)C(=O)C(CCCCN)C(=O)O. The number of ketones is 1. The predicted molar refractivity (Wildman–Crippen MR) is 66.5 cm³/mol. The topological polar surface area (TPSA) is 106 Å². The summed E-state index contributed by atoms with van der Waals surface area (Å²) in [4.78, 5) is 22.9. The molecule has 2 unspecified atom stereocenters. The first-order chi connectivity index (χ1) is 8.04. The molecule has 100 valence electrons. The van der Waals surface area contributed by atoms with Gasteiger partial charge in [0.05, 0.1) is 6.04 Å². The Morgan fingerprint density at radius 1 is 1.18 bits per heavy atom. The van der Waals surface area contributed by atoms with Crippen molar-refractivity contribution in [1.29, 1.82) is 0 Å². The van der Waals surface area contributed by atoms with Crippen LogP contribution < -0.4 is 11.5 Å². The zero-order chi connectivity index (χ0) is 13.3. The molecule has 0 rings (SSSR count). The minimum atomic E-state index is -1.07. The van der Waals surface area contributed by atoms with E-state index in [2.05, 4.69) is 0 Å². The third-order valence-electron chi connectivity index (χ3n) is 2.82. The van der Waals surface area contributed by atoms with Crippen LogP contribution in [0.5, 0.6) is 0 Å². The van der Waals surface area contributed by atoms with Gasteiger partial charge < -0.3 is 16.6 Å². The average molecular weight is 244 g/mol. The van der Waals surface area contributed by atoms with Crippen LogP contribution in [0.1, 0.15) is 45.4 Å². The second kappa shape index (κ2) is 9.13. The number of Topliss-reactive ketones (excluding diaryl/α,β-unsaturated/α-hetero) is 1. The van der Waals surface area contributed by atoms with E-state index in [1.165, 1.54) is 0 Å². The summed E-state index contributed by atoms with van der Waals surface area (Å²) < 4.78 is 0. The van der Waals surface area contributed by atoms with E-state index in [4.69, 9.17) is 16.6 Å². The Labute approximate surface area is 103 Å². The minimum Gasteiger partial charge on any atom is -0.481 e. The number of carbonyl (C=O) groups is 2. The molecule has 0 radical (unpaired) electrons. The third kappa shape index (κ3) is 6.38. The first-order valence-electron chi connectivity index (χ1n) is 6.26. The lowest BCUT2D eigenvalue weighted by Crippen LogP contribution is -2.39. The molecule has 0 aliphatic heterocycles. The predicted octanol–water partition coefficient (Wildman–Crippen LogP) is 0.903. The summed E-state index contributed by atoms with van der Waals surface area (Å²) in [6.07, 6.45) is 4.09. The smallest absolute Gasteiger partial charge is 0.314 e. The molecule has 5 heteroatoms. The van der Waals surface area contributed by atoms with E-state index < -0.39 is 17.9 Å². The lowest BCUT2D eigenvalue weighted by Gasteiger charge is -2.16. The highest BCUT2D eigenvalue weighted by atomic mass is 16.4. The van der Waals surface area contributed by atoms with Crippen molar-refractivity contribution in [3.63, 3.8) is 0 Å². The Morgan fingerprint density at radius 3 is 2.29 bits per heavy atom. The highest BCUT2D eigenvalue weighted by Gasteiger charge is 2.29. The molecule has 0 saturated carbocycles. The number of aliphatic carboxylic acids is 1. The van der Waals surface area contributed by atoms with Gasteiger partial charge in [-0.2, -0.15) is 0 Å².